The summed E-state index contributed by atoms with van der Waals surface area (Å²) in [5.41, 5.74) is 1.72. The number of likely N-dealkylation sites (N-methyl/N-ethyl adjacent to an activating group) is 1. The second-order valence-corrected chi connectivity index (χ2v) is 9.14. The fourth-order valence-electron chi connectivity index (χ4n) is 4.33. The molecule has 3 atom stereocenters. The van der Waals surface area contributed by atoms with Gasteiger partial charge >= 0.3 is 0 Å². The molecule has 0 saturated carbocycles. The third kappa shape index (κ3) is 5.39. The van der Waals surface area contributed by atoms with Crippen molar-refractivity contribution < 1.29 is 23.9 Å². The largest absolute Gasteiger partial charge is 0.490 e. The molecule has 0 spiro atoms. The van der Waals surface area contributed by atoms with Crippen LogP contribution in [-0.4, -0.2) is 54.5 Å². The molecule has 180 valence electrons. The van der Waals surface area contributed by atoms with Crippen LogP contribution >= 0.6 is 0 Å². The molecular formula is C26H31N3O5. The molecule has 0 bridgehead atoms. The van der Waals surface area contributed by atoms with Crippen molar-refractivity contribution in [1.29, 1.82) is 0 Å². The summed E-state index contributed by atoms with van der Waals surface area (Å²) in [7, 11) is 1.76. The maximum Gasteiger partial charge on any atom is 0.257 e. The van der Waals surface area contributed by atoms with Gasteiger partial charge in [0.05, 0.1) is 24.1 Å². The van der Waals surface area contributed by atoms with Crippen LogP contribution < -0.4 is 15.4 Å². The van der Waals surface area contributed by atoms with E-state index in [2.05, 4.69) is 10.6 Å². The van der Waals surface area contributed by atoms with Crippen LogP contribution in [0.15, 0.2) is 48.5 Å². The van der Waals surface area contributed by atoms with Crippen LogP contribution in [0.3, 0.4) is 0 Å². The van der Waals surface area contributed by atoms with E-state index in [1.54, 1.807) is 30.1 Å². The van der Waals surface area contributed by atoms with Crippen LogP contribution in [0.1, 0.15) is 43.5 Å². The number of hydrogen-bond donors (Lipinski definition) is 2. The van der Waals surface area contributed by atoms with Gasteiger partial charge in [-0.2, -0.15) is 0 Å². The molecular weight excluding hydrogens is 434 g/mol. The molecule has 2 aliphatic heterocycles. The van der Waals surface area contributed by atoms with Gasteiger partial charge in [0.25, 0.3) is 5.91 Å². The van der Waals surface area contributed by atoms with E-state index in [1.807, 2.05) is 44.2 Å². The zero-order valence-electron chi connectivity index (χ0n) is 19.7. The first-order valence-electron chi connectivity index (χ1n) is 11.7. The number of hydrogen-bond acceptors (Lipinski definition) is 5. The van der Waals surface area contributed by atoms with Crippen molar-refractivity contribution in [1.82, 2.24) is 4.90 Å². The minimum atomic E-state index is -0.342. The maximum atomic E-state index is 13.3. The first-order chi connectivity index (χ1) is 16.3. The second kappa shape index (κ2) is 10.3. The van der Waals surface area contributed by atoms with Gasteiger partial charge in [0.15, 0.2) is 0 Å². The Kier molecular flexibility index (Phi) is 7.17. The Morgan fingerprint density at radius 3 is 2.56 bits per heavy atom. The van der Waals surface area contributed by atoms with Crippen LogP contribution in [0, 0.1) is 5.92 Å². The molecule has 0 unspecified atom stereocenters. The van der Waals surface area contributed by atoms with Crippen molar-refractivity contribution in [2.45, 2.75) is 51.4 Å². The normalized spacial score (nSPS) is 22.1. The van der Waals surface area contributed by atoms with Gasteiger partial charge in [0, 0.05) is 24.3 Å². The maximum absolute atomic E-state index is 13.3. The van der Waals surface area contributed by atoms with Gasteiger partial charge in [0.1, 0.15) is 18.5 Å². The molecule has 4 rings (SSSR count). The smallest absolute Gasteiger partial charge is 0.257 e. The van der Waals surface area contributed by atoms with Crippen LogP contribution in [0.4, 0.5) is 11.4 Å². The first-order valence-corrected chi connectivity index (χ1v) is 11.7. The molecule has 2 aromatic carbocycles. The molecule has 0 aliphatic carbocycles. The van der Waals surface area contributed by atoms with Crippen molar-refractivity contribution in [3.05, 3.63) is 54.1 Å². The van der Waals surface area contributed by atoms with E-state index in [0.29, 0.717) is 29.8 Å². The van der Waals surface area contributed by atoms with Crippen molar-refractivity contribution >= 4 is 29.1 Å². The van der Waals surface area contributed by atoms with E-state index in [0.717, 1.165) is 5.69 Å². The summed E-state index contributed by atoms with van der Waals surface area (Å²) in [5, 5.41) is 5.73. The van der Waals surface area contributed by atoms with Crippen LogP contribution in [0.5, 0.6) is 5.75 Å². The quantitative estimate of drug-likeness (QED) is 0.702. The van der Waals surface area contributed by atoms with Crippen molar-refractivity contribution in [3.63, 3.8) is 0 Å². The average Bonchev–Trinajstić information content (AvgIpc) is 2.82. The molecule has 0 radical (unpaired) electrons. The zero-order chi connectivity index (χ0) is 24.2. The van der Waals surface area contributed by atoms with Gasteiger partial charge in [-0.3, -0.25) is 14.4 Å². The fourth-order valence-corrected chi connectivity index (χ4v) is 4.33. The minimum absolute atomic E-state index is 0.104. The zero-order valence-corrected chi connectivity index (χ0v) is 19.7. The highest BCUT2D eigenvalue weighted by Gasteiger charge is 2.39. The Morgan fingerprint density at radius 1 is 1.06 bits per heavy atom. The van der Waals surface area contributed by atoms with Gasteiger partial charge in [0.2, 0.25) is 11.8 Å². The van der Waals surface area contributed by atoms with Gasteiger partial charge in [-0.15, -0.1) is 0 Å². The van der Waals surface area contributed by atoms with E-state index in [1.165, 1.54) is 0 Å². The van der Waals surface area contributed by atoms with E-state index < -0.39 is 0 Å². The van der Waals surface area contributed by atoms with E-state index in [9.17, 15) is 14.4 Å². The van der Waals surface area contributed by atoms with Crippen LogP contribution in [0.2, 0.25) is 0 Å². The summed E-state index contributed by atoms with van der Waals surface area (Å²) in [6.45, 7) is 3.89. The lowest BCUT2D eigenvalue weighted by molar-refractivity contribution is -0.130. The molecule has 3 amide bonds. The van der Waals surface area contributed by atoms with Crippen molar-refractivity contribution in [3.8, 4) is 5.75 Å². The number of carbonyl (C=O) groups is 3. The molecule has 8 heteroatoms. The summed E-state index contributed by atoms with van der Waals surface area (Å²) in [5.74, 6) is -0.123. The van der Waals surface area contributed by atoms with E-state index in [-0.39, 0.29) is 54.9 Å². The molecule has 2 heterocycles. The highest BCUT2D eigenvalue weighted by atomic mass is 16.5. The molecule has 2 N–H and O–H groups in total. The summed E-state index contributed by atoms with van der Waals surface area (Å²) in [6, 6.07) is 14.2. The number of benzene rings is 2. The van der Waals surface area contributed by atoms with E-state index >= 15 is 0 Å². The Balaban J connectivity index is 1.43. The predicted octanol–water partition coefficient (Wildman–Crippen LogP) is 3.69. The number of amides is 3. The predicted molar refractivity (Wildman–Crippen MR) is 129 cm³/mol. The Bertz CT molecular complexity index is 1060. The number of anilines is 2. The third-order valence-electron chi connectivity index (χ3n) is 6.27. The fraction of sp³-hybridized carbons (Fsp3) is 0.423. The lowest BCUT2D eigenvalue weighted by Gasteiger charge is -2.42. The monoisotopic (exact) mass is 465 g/mol. The molecule has 0 aromatic heterocycles. The number of rotatable bonds is 5. The van der Waals surface area contributed by atoms with Gasteiger partial charge in [-0.1, -0.05) is 32.0 Å². The van der Waals surface area contributed by atoms with Crippen molar-refractivity contribution in [2.75, 3.05) is 24.3 Å². The molecule has 1 fully saturated rings. The molecule has 2 aromatic rings. The molecule has 1 saturated heterocycles. The highest BCUT2D eigenvalue weighted by molar-refractivity contribution is 6.00. The Labute approximate surface area is 199 Å². The topological polar surface area (TPSA) is 97.0 Å². The lowest BCUT2D eigenvalue weighted by Crippen LogP contribution is -2.53. The van der Waals surface area contributed by atoms with E-state index in [4.69, 9.17) is 9.47 Å². The molecule has 34 heavy (non-hydrogen) atoms. The standard InChI is InChI=1S/C26H31N3O5/c1-16(2)25(31)28-18-9-12-22-20(13-18)26(32)29(3)21-11-10-19(34-23(21)15-33-22)14-24(30)27-17-7-5-4-6-8-17/h4-9,12-13,16,19,21,23H,10-11,14-15H2,1-3H3,(H,27,30)(H,28,31)/t19-,21+,23-/m1/s1. The van der Waals surface area contributed by atoms with Crippen molar-refractivity contribution in [2.24, 2.45) is 5.92 Å². The summed E-state index contributed by atoms with van der Waals surface area (Å²) in [4.78, 5) is 39.5. The lowest BCUT2D eigenvalue weighted by atomic mass is 9.94. The van der Waals surface area contributed by atoms with Crippen LogP contribution in [0.25, 0.3) is 0 Å². The number of fused-ring (bicyclic) bond motifs is 2. The number of carbonyl (C=O) groups excluding carboxylic acids is 3. The summed E-state index contributed by atoms with van der Waals surface area (Å²) < 4.78 is 12.2. The highest BCUT2D eigenvalue weighted by Crippen LogP contribution is 2.32. The second-order valence-electron chi connectivity index (χ2n) is 9.14. The molecule has 2 aliphatic rings. The van der Waals surface area contributed by atoms with Gasteiger partial charge in [-0.25, -0.2) is 0 Å². The summed E-state index contributed by atoms with van der Waals surface area (Å²) >= 11 is 0. The van der Waals surface area contributed by atoms with Gasteiger partial charge in [-0.05, 0) is 43.2 Å². The third-order valence-corrected chi connectivity index (χ3v) is 6.27. The SMILES string of the molecule is CC(C)C(=O)Nc1ccc2c(c1)C(=O)N(C)[C@H]1CC[C@H](CC(=O)Nc3ccccc3)O[C@@H]1CO2. The average molecular weight is 466 g/mol. The first kappa shape index (κ1) is 23.8. The van der Waals surface area contributed by atoms with Gasteiger partial charge < -0.3 is 25.0 Å². The number of nitrogens with zero attached hydrogens (tertiary/aromatic N) is 1. The minimum Gasteiger partial charge on any atom is -0.490 e. The molecule has 8 nitrogen and oxygen atoms in total. The Hall–Kier alpha value is -3.39. The summed E-state index contributed by atoms with van der Waals surface area (Å²) in [6.07, 6.45) is 1.03. The number of para-hydroxylation sites is 1. The Morgan fingerprint density at radius 2 is 1.82 bits per heavy atom. The van der Waals surface area contributed by atoms with Crippen LogP contribution in [-0.2, 0) is 14.3 Å². The number of nitrogens with one attached hydrogen (secondary N) is 2. The number of ether oxygens (including phenoxy) is 2.